The molecule has 1 aromatic heterocycles. The summed E-state index contributed by atoms with van der Waals surface area (Å²) in [4.78, 5) is 0. The second-order valence-electron chi connectivity index (χ2n) is 4.07. The van der Waals surface area contributed by atoms with Gasteiger partial charge in [0.1, 0.15) is 5.76 Å². The fraction of sp³-hybridized carbons (Fsp3) is 0.636. The molecule has 0 spiro atoms. The van der Waals surface area contributed by atoms with Crippen LogP contribution in [0.4, 0.5) is 0 Å². The molecule has 1 heterocycles. The van der Waals surface area contributed by atoms with Gasteiger partial charge in [0, 0.05) is 0 Å². The van der Waals surface area contributed by atoms with Gasteiger partial charge in [-0.1, -0.05) is 19.3 Å². The van der Waals surface area contributed by atoms with E-state index >= 15 is 0 Å². The Morgan fingerprint density at radius 2 is 1.93 bits per heavy atom. The summed E-state index contributed by atoms with van der Waals surface area (Å²) in [7, 11) is 0. The van der Waals surface area contributed by atoms with Crippen LogP contribution in [0.2, 0.25) is 5.22 Å². The molecule has 0 amide bonds. The Labute approximate surface area is 102 Å². The van der Waals surface area contributed by atoms with Crippen LogP contribution in [0.5, 0.6) is 0 Å². The fourth-order valence-electron chi connectivity index (χ4n) is 2.23. The first kappa shape index (κ1) is 12.9. The SMILES string of the molecule is Cl.N[C@@H](c1ccc(Cl)o1)C1CCCCC1. The van der Waals surface area contributed by atoms with E-state index in [0.29, 0.717) is 11.1 Å². The molecule has 0 radical (unpaired) electrons. The van der Waals surface area contributed by atoms with E-state index < -0.39 is 0 Å². The van der Waals surface area contributed by atoms with E-state index in [4.69, 9.17) is 21.8 Å². The molecule has 1 saturated carbocycles. The van der Waals surface area contributed by atoms with E-state index in [1.165, 1.54) is 32.1 Å². The average Bonchev–Trinajstić information content (AvgIpc) is 2.65. The molecule has 4 heteroatoms. The van der Waals surface area contributed by atoms with Crippen LogP contribution < -0.4 is 5.73 Å². The molecule has 2 N–H and O–H groups in total. The van der Waals surface area contributed by atoms with Crippen molar-refractivity contribution in [3.63, 3.8) is 0 Å². The monoisotopic (exact) mass is 249 g/mol. The lowest BCUT2D eigenvalue weighted by atomic mass is 9.83. The zero-order chi connectivity index (χ0) is 9.97. The smallest absolute Gasteiger partial charge is 0.193 e. The maximum atomic E-state index is 6.13. The number of rotatable bonds is 2. The lowest BCUT2D eigenvalue weighted by Crippen LogP contribution is -2.22. The van der Waals surface area contributed by atoms with Gasteiger partial charge in [-0.15, -0.1) is 12.4 Å². The minimum absolute atomic E-state index is 0. The van der Waals surface area contributed by atoms with E-state index in [1.807, 2.05) is 6.07 Å². The topological polar surface area (TPSA) is 39.2 Å². The second kappa shape index (κ2) is 5.78. The van der Waals surface area contributed by atoms with Crippen molar-refractivity contribution >= 4 is 24.0 Å². The van der Waals surface area contributed by atoms with Crippen LogP contribution in [0.15, 0.2) is 16.5 Å². The van der Waals surface area contributed by atoms with Crippen LogP contribution in [0.1, 0.15) is 43.9 Å². The molecule has 0 bridgehead atoms. The Balaban J connectivity index is 0.00000112. The van der Waals surface area contributed by atoms with Gasteiger partial charge >= 0.3 is 0 Å². The molecule has 1 aliphatic carbocycles. The molecule has 0 saturated heterocycles. The first-order valence-corrected chi connectivity index (χ1v) is 5.66. The first-order chi connectivity index (χ1) is 6.77. The normalized spacial score (nSPS) is 19.6. The molecular formula is C11H17Cl2NO. The van der Waals surface area contributed by atoms with Crippen molar-refractivity contribution in [3.8, 4) is 0 Å². The highest BCUT2D eigenvalue weighted by molar-refractivity contribution is 6.28. The van der Waals surface area contributed by atoms with Gasteiger partial charge in [0.05, 0.1) is 6.04 Å². The van der Waals surface area contributed by atoms with Crippen LogP contribution in [0.3, 0.4) is 0 Å². The van der Waals surface area contributed by atoms with E-state index in [-0.39, 0.29) is 18.4 Å². The van der Waals surface area contributed by atoms with Crippen molar-refractivity contribution < 1.29 is 4.42 Å². The summed E-state index contributed by atoms with van der Waals surface area (Å²) in [6, 6.07) is 3.68. The van der Waals surface area contributed by atoms with Crippen LogP contribution in [0, 0.1) is 5.92 Å². The second-order valence-corrected chi connectivity index (χ2v) is 4.44. The highest BCUT2D eigenvalue weighted by atomic mass is 35.5. The largest absolute Gasteiger partial charge is 0.448 e. The van der Waals surface area contributed by atoms with Crippen molar-refractivity contribution in [2.45, 2.75) is 38.1 Å². The van der Waals surface area contributed by atoms with Crippen molar-refractivity contribution in [2.24, 2.45) is 11.7 Å². The Bertz CT molecular complexity index is 295. The Hall–Kier alpha value is -0.180. The quantitative estimate of drug-likeness (QED) is 0.863. The van der Waals surface area contributed by atoms with Crippen LogP contribution >= 0.6 is 24.0 Å². The summed E-state index contributed by atoms with van der Waals surface area (Å²) in [6.07, 6.45) is 6.39. The molecule has 15 heavy (non-hydrogen) atoms. The highest BCUT2D eigenvalue weighted by Crippen LogP contribution is 2.33. The van der Waals surface area contributed by atoms with Crippen LogP contribution in [-0.4, -0.2) is 0 Å². The number of halogens is 2. The minimum atomic E-state index is 0. The average molecular weight is 250 g/mol. The summed E-state index contributed by atoms with van der Waals surface area (Å²) < 4.78 is 5.34. The van der Waals surface area contributed by atoms with Gasteiger partial charge in [-0.05, 0) is 42.5 Å². The summed E-state index contributed by atoms with van der Waals surface area (Å²) in [6.45, 7) is 0. The number of hydrogen-bond donors (Lipinski definition) is 1. The fourth-order valence-corrected chi connectivity index (χ4v) is 2.39. The maximum absolute atomic E-state index is 6.13. The molecule has 0 aromatic carbocycles. The molecule has 86 valence electrons. The van der Waals surface area contributed by atoms with Crippen molar-refractivity contribution in [1.29, 1.82) is 0 Å². The molecular weight excluding hydrogens is 233 g/mol. The highest BCUT2D eigenvalue weighted by Gasteiger charge is 2.23. The Kier molecular flexibility index (Phi) is 4.97. The summed E-state index contributed by atoms with van der Waals surface area (Å²) in [5, 5.41) is 0.436. The molecule has 2 nitrogen and oxygen atoms in total. The van der Waals surface area contributed by atoms with Gasteiger partial charge in [0.15, 0.2) is 5.22 Å². The number of nitrogens with two attached hydrogens (primary N) is 1. The predicted molar refractivity (Wildman–Crippen MR) is 64.5 cm³/mol. The standard InChI is InChI=1S/C11H16ClNO.ClH/c12-10-7-6-9(14-10)11(13)8-4-2-1-3-5-8;/h6-8,11H,1-5,13H2;1H/t11-;/m1./s1. The van der Waals surface area contributed by atoms with Gasteiger partial charge in [-0.3, -0.25) is 0 Å². The van der Waals surface area contributed by atoms with E-state index in [2.05, 4.69) is 0 Å². The maximum Gasteiger partial charge on any atom is 0.193 e. The number of furan rings is 1. The molecule has 0 unspecified atom stereocenters. The van der Waals surface area contributed by atoms with Crippen LogP contribution in [-0.2, 0) is 0 Å². The first-order valence-electron chi connectivity index (χ1n) is 5.28. The van der Waals surface area contributed by atoms with Crippen LogP contribution in [0.25, 0.3) is 0 Å². The van der Waals surface area contributed by atoms with Gasteiger partial charge in [0.25, 0.3) is 0 Å². The lowest BCUT2D eigenvalue weighted by Gasteiger charge is -2.25. The van der Waals surface area contributed by atoms with Crippen molar-refractivity contribution in [2.75, 3.05) is 0 Å². The van der Waals surface area contributed by atoms with Crippen molar-refractivity contribution in [3.05, 3.63) is 23.1 Å². The summed E-state index contributed by atoms with van der Waals surface area (Å²) in [5.74, 6) is 1.41. The summed E-state index contributed by atoms with van der Waals surface area (Å²) >= 11 is 5.72. The molecule has 1 aliphatic rings. The van der Waals surface area contributed by atoms with Crippen molar-refractivity contribution in [1.82, 2.24) is 0 Å². The molecule has 1 atom stereocenters. The Morgan fingerprint density at radius 3 is 2.47 bits per heavy atom. The number of hydrogen-bond acceptors (Lipinski definition) is 2. The van der Waals surface area contributed by atoms with E-state index in [1.54, 1.807) is 6.07 Å². The predicted octanol–water partition coefficient (Wildman–Crippen LogP) is 3.93. The molecule has 1 fully saturated rings. The third-order valence-corrected chi connectivity index (χ3v) is 3.28. The third-order valence-electron chi connectivity index (χ3n) is 3.08. The molecule has 2 rings (SSSR count). The van der Waals surface area contributed by atoms with Gasteiger partial charge in [0.2, 0.25) is 0 Å². The zero-order valence-corrected chi connectivity index (χ0v) is 10.2. The zero-order valence-electron chi connectivity index (χ0n) is 8.62. The van der Waals surface area contributed by atoms with Gasteiger partial charge in [-0.2, -0.15) is 0 Å². The van der Waals surface area contributed by atoms with Gasteiger partial charge < -0.3 is 10.2 Å². The Morgan fingerprint density at radius 1 is 1.27 bits per heavy atom. The van der Waals surface area contributed by atoms with E-state index in [0.717, 1.165) is 5.76 Å². The van der Waals surface area contributed by atoms with E-state index in [9.17, 15) is 0 Å². The van der Waals surface area contributed by atoms with Gasteiger partial charge in [-0.25, -0.2) is 0 Å². The lowest BCUT2D eigenvalue weighted by molar-refractivity contribution is 0.281. The third kappa shape index (κ3) is 3.13. The summed E-state index contributed by atoms with van der Waals surface area (Å²) in [5.41, 5.74) is 6.13. The molecule has 1 aromatic rings. The molecule has 0 aliphatic heterocycles. The minimum Gasteiger partial charge on any atom is -0.448 e.